The molecule has 0 bridgehead atoms. The van der Waals surface area contributed by atoms with Gasteiger partial charge in [0.15, 0.2) is 0 Å². The summed E-state index contributed by atoms with van der Waals surface area (Å²) in [6, 6.07) is 13.0. The van der Waals surface area contributed by atoms with Gasteiger partial charge in [-0.05, 0) is 42.3 Å². The van der Waals surface area contributed by atoms with Crippen LogP contribution in [0.4, 0.5) is 11.4 Å². The summed E-state index contributed by atoms with van der Waals surface area (Å²) in [5.41, 5.74) is 3.25. The minimum Gasteiger partial charge on any atom is -0.478 e. The Morgan fingerprint density at radius 3 is 2.35 bits per heavy atom. The summed E-state index contributed by atoms with van der Waals surface area (Å²) >= 11 is 6.17. The molecule has 0 unspecified atom stereocenters. The zero-order chi connectivity index (χ0) is 14.7. The monoisotopic (exact) mass is 289 g/mol. The lowest BCUT2D eigenvalue weighted by Crippen LogP contribution is -2.10. The second-order valence-corrected chi connectivity index (χ2v) is 4.96. The maximum atomic E-state index is 10.9. The third-order valence-electron chi connectivity index (χ3n) is 3.29. The molecule has 2 aromatic rings. The van der Waals surface area contributed by atoms with Gasteiger partial charge in [-0.15, -0.1) is 0 Å². The normalized spacial score (nSPS) is 10.3. The largest absolute Gasteiger partial charge is 0.478 e. The number of benzene rings is 2. The highest BCUT2D eigenvalue weighted by Gasteiger charge is 2.11. The van der Waals surface area contributed by atoms with Gasteiger partial charge in [0.1, 0.15) is 0 Å². The third-order valence-corrected chi connectivity index (χ3v) is 3.59. The molecule has 0 saturated heterocycles. The molecule has 0 amide bonds. The molecule has 0 aromatic heterocycles. The van der Waals surface area contributed by atoms with Crippen molar-refractivity contribution in [1.82, 2.24) is 0 Å². The van der Waals surface area contributed by atoms with E-state index in [1.165, 1.54) is 11.6 Å². The molecule has 3 nitrogen and oxygen atoms in total. The number of carbonyl (C=O) groups is 1. The van der Waals surface area contributed by atoms with Crippen molar-refractivity contribution >= 4 is 28.9 Å². The van der Waals surface area contributed by atoms with Crippen molar-refractivity contribution in [2.45, 2.75) is 13.3 Å². The molecule has 1 N–H and O–H groups in total. The summed E-state index contributed by atoms with van der Waals surface area (Å²) < 4.78 is 0. The van der Waals surface area contributed by atoms with Crippen molar-refractivity contribution in [3.05, 3.63) is 58.6 Å². The highest BCUT2D eigenvalue weighted by atomic mass is 35.5. The van der Waals surface area contributed by atoms with Crippen LogP contribution in [0.25, 0.3) is 0 Å². The van der Waals surface area contributed by atoms with Crippen molar-refractivity contribution in [3.8, 4) is 0 Å². The predicted octanol–water partition coefficient (Wildman–Crippen LogP) is 4.37. The number of carboxylic acid groups (broad SMARTS) is 1. The molecule has 0 saturated carbocycles. The van der Waals surface area contributed by atoms with E-state index in [2.05, 4.69) is 19.1 Å². The molecule has 104 valence electrons. The van der Waals surface area contributed by atoms with Gasteiger partial charge in [0.05, 0.1) is 16.3 Å². The number of hydrogen-bond donors (Lipinski definition) is 1. The first kappa shape index (κ1) is 14.4. The predicted molar refractivity (Wildman–Crippen MR) is 82.3 cm³/mol. The second kappa shape index (κ2) is 5.97. The molecule has 0 aliphatic carbocycles. The Morgan fingerprint density at radius 1 is 1.20 bits per heavy atom. The van der Waals surface area contributed by atoms with Gasteiger partial charge in [0, 0.05) is 12.7 Å². The first-order valence-corrected chi connectivity index (χ1v) is 6.76. The lowest BCUT2D eigenvalue weighted by atomic mass is 10.1. The topological polar surface area (TPSA) is 40.5 Å². The van der Waals surface area contributed by atoms with E-state index in [-0.39, 0.29) is 5.56 Å². The third kappa shape index (κ3) is 2.94. The highest BCUT2D eigenvalue weighted by molar-refractivity contribution is 6.33. The van der Waals surface area contributed by atoms with Crippen LogP contribution in [0.3, 0.4) is 0 Å². The van der Waals surface area contributed by atoms with Crippen LogP contribution in [0.5, 0.6) is 0 Å². The molecule has 0 spiro atoms. The summed E-state index contributed by atoms with van der Waals surface area (Å²) in [6.07, 6.45) is 0.998. The van der Waals surface area contributed by atoms with E-state index in [0.29, 0.717) is 5.02 Å². The average molecular weight is 290 g/mol. The smallest absolute Gasteiger partial charge is 0.335 e. The summed E-state index contributed by atoms with van der Waals surface area (Å²) in [5, 5.41) is 9.36. The Balaban J connectivity index is 2.32. The van der Waals surface area contributed by atoms with E-state index in [1.807, 2.05) is 24.1 Å². The van der Waals surface area contributed by atoms with Gasteiger partial charge < -0.3 is 10.0 Å². The number of hydrogen-bond acceptors (Lipinski definition) is 2. The second-order valence-electron chi connectivity index (χ2n) is 4.55. The SMILES string of the molecule is CCc1ccc(N(C)c2ccc(C(=O)O)cc2Cl)cc1. The van der Waals surface area contributed by atoms with E-state index >= 15 is 0 Å². The van der Waals surface area contributed by atoms with Crippen LogP contribution in [-0.2, 0) is 6.42 Å². The summed E-state index contributed by atoms with van der Waals surface area (Å²) in [6.45, 7) is 2.11. The molecule has 20 heavy (non-hydrogen) atoms. The van der Waals surface area contributed by atoms with Crippen molar-refractivity contribution in [2.75, 3.05) is 11.9 Å². The molecule has 0 heterocycles. The quantitative estimate of drug-likeness (QED) is 0.908. The van der Waals surface area contributed by atoms with Crippen molar-refractivity contribution in [3.63, 3.8) is 0 Å². The fourth-order valence-corrected chi connectivity index (χ4v) is 2.31. The zero-order valence-corrected chi connectivity index (χ0v) is 12.2. The number of rotatable bonds is 4. The van der Waals surface area contributed by atoms with E-state index in [4.69, 9.17) is 16.7 Å². The van der Waals surface area contributed by atoms with Crippen molar-refractivity contribution < 1.29 is 9.90 Å². The van der Waals surface area contributed by atoms with Crippen LogP contribution < -0.4 is 4.90 Å². The number of carboxylic acids is 1. The van der Waals surface area contributed by atoms with Crippen molar-refractivity contribution in [1.29, 1.82) is 0 Å². The van der Waals surface area contributed by atoms with E-state index < -0.39 is 5.97 Å². The van der Waals surface area contributed by atoms with Gasteiger partial charge >= 0.3 is 5.97 Å². The van der Waals surface area contributed by atoms with Crippen LogP contribution in [0.2, 0.25) is 5.02 Å². The number of aromatic carboxylic acids is 1. The highest BCUT2D eigenvalue weighted by Crippen LogP contribution is 2.31. The van der Waals surface area contributed by atoms with Crippen molar-refractivity contribution in [2.24, 2.45) is 0 Å². The van der Waals surface area contributed by atoms with E-state index in [9.17, 15) is 4.79 Å². The van der Waals surface area contributed by atoms with Crippen LogP contribution in [-0.4, -0.2) is 18.1 Å². The Morgan fingerprint density at radius 2 is 1.85 bits per heavy atom. The molecule has 0 aliphatic rings. The number of anilines is 2. The minimum absolute atomic E-state index is 0.188. The summed E-state index contributed by atoms with van der Waals surface area (Å²) in [7, 11) is 1.91. The average Bonchev–Trinajstić information content (AvgIpc) is 2.46. The molecule has 0 atom stereocenters. The van der Waals surface area contributed by atoms with Gasteiger partial charge in [-0.1, -0.05) is 30.7 Å². The molecule has 0 fully saturated rings. The van der Waals surface area contributed by atoms with Gasteiger partial charge in [0.2, 0.25) is 0 Å². The Labute approximate surface area is 123 Å². The van der Waals surface area contributed by atoms with Gasteiger partial charge in [-0.2, -0.15) is 0 Å². The molecule has 0 radical (unpaired) electrons. The fourth-order valence-electron chi connectivity index (χ4n) is 2.01. The Bertz CT molecular complexity index is 623. The van der Waals surface area contributed by atoms with Crippen LogP contribution in [0.1, 0.15) is 22.8 Å². The maximum absolute atomic E-state index is 10.9. The van der Waals surface area contributed by atoms with Crippen LogP contribution >= 0.6 is 11.6 Å². The lowest BCUT2D eigenvalue weighted by molar-refractivity contribution is 0.0697. The van der Waals surface area contributed by atoms with E-state index in [1.54, 1.807) is 12.1 Å². The lowest BCUT2D eigenvalue weighted by Gasteiger charge is -2.21. The number of halogens is 1. The van der Waals surface area contributed by atoms with E-state index in [0.717, 1.165) is 17.8 Å². The summed E-state index contributed by atoms with van der Waals surface area (Å²) in [4.78, 5) is 12.8. The van der Waals surface area contributed by atoms with Gasteiger partial charge in [0.25, 0.3) is 0 Å². The number of aryl methyl sites for hydroxylation is 1. The first-order valence-electron chi connectivity index (χ1n) is 6.38. The zero-order valence-electron chi connectivity index (χ0n) is 11.4. The first-order chi connectivity index (χ1) is 9.52. The van der Waals surface area contributed by atoms with Crippen LogP contribution in [0.15, 0.2) is 42.5 Å². The molecular weight excluding hydrogens is 274 g/mol. The van der Waals surface area contributed by atoms with Gasteiger partial charge in [-0.3, -0.25) is 0 Å². The maximum Gasteiger partial charge on any atom is 0.335 e. The molecular formula is C16H16ClNO2. The fraction of sp³-hybridized carbons (Fsp3) is 0.188. The summed E-state index contributed by atoms with van der Waals surface area (Å²) in [5.74, 6) is -0.978. The molecule has 0 aliphatic heterocycles. The Kier molecular flexibility index (Phi) is 4.30. The Hall–Kier alpha value is -2.00. The standard InChI is InChI=1S/C16H16ClNO2/c1-3-11-4-7-13(8-5-11)18(2)15-9-6-12(16(19)20)10-14(15)17/h4-10H,3H2,1-2H3,(H,19,20). The molecule has 4 heteroatoms. The number of nitrogens with zero attached hydrogens (tertiary/aromatic N) is 1. The minimum atomic E-state index is -0.978. The van der Waals surface area contributed by atoms with Crippen LogP contribution in [0, 0.1) is 0 Å². The molecule has 2 rings (SSSR count). The van der Waals surface area contributed by atoms with Gasteiger partial charge in [-0.25, -0.2) is 4.79 Å². The molecule has 2 aromatic carbocycles.